The Morgan fingerprint density at radius 1 is 1.00 bits per heavy atom. The average Bonchev–Trinajstić information content (AvgIpc) is 0. The Labute approximate surface area is 72.2 Å². The summed E-state index contributed by atoms with van der Waals surface area (Å²) in [7, 11) is 0. The van der Waals surface area contributed by atoms with Gasteiger partial charge in [-0.3, -0.25) is 0 Å². The van der Waals surface area contributed by atoms with E-state index in [0.29, 0.717) is 0 Å². The van der Waals surface area contributed by atoms with Crippen LogP contribution >= 0.6 is 0 Å². The van der Waals surface area contributed by atoms with E-state index in [-0.39, 0.29) is 73.0 Å². The van der Waals surface area contributed by atoms with E-state index in [4.69, 9.17) is 0 Å². The predicted octanol–water partition coefficient (Wildman–Crippen LogP) is -0.388. The van der Waals surface area contributed by atoms with E-state index in [9.17, 15) is 0 Å². The van der Waals surface area contributed by atoms with E-state index >= 15 is 0 Å². The van der Waals surface area contributed by atoms with E-state index in [1.54, 1.807) is 0 Å². The van der Waals surface area contributed by atoms with E-state index in [1.807, 2.05) is 0 Å². The third-order valence-corrected chi connectivity index (χ3v) is 0. The maximum Gasteiger partial charge on any atom is 0 e. The van der Waals surface area contributed by atoms with Gasteiger partial charge in [-0.1, -0.05) is 0 Å². The summed E-state index contributed by atoms with van der Waals surface area (Å²) in [6.45, 7) is 0. The minimum absolute atomic E-state index is 0. The van der Waals surface area contributed by atoms with Crippen molar-refractivity contribution in [3.63, 3.8) is 0 Å². The molecule has 0 aliphatic carbocycles. The molecule has 0 aromatic heterocycles. The Hall–Kier alpha value is 2.27. The molecule has 0 aromatic rings. The van der Waals surface area contributed by atoms with Gasteiger partial charge >= 0.3 is 0 Å². The van der Waals surface area contributed by atoms with Gasteiger partial charge in [0, 0.05) is 73.0 Å². The van der Waals surface area contributed by atoms with E-state index in [1.165, 1.54) is 0 Å². The zero-order chi connectivity index (χ0) is 0. The Balaban J connectivity index is 0. The van der Waals surface area contributed by atoms with Crippen LogP contribution in [0.25, 0.3) is 0 Å². The van der Waals surface area contributed by atoms with Gasteiger partial charge in [0.25, 0.3) is 0 Å². The van der Waals surface area contributed by atoms with Gasteiger partial charge in [-0.15, -0.1) is 0 Å². The number of hydrogen-bond donors (Lipinski definition) is 0. The Morgan fingerprint density at radius 3 is 1.00 bits per heavy atom. The van der Waals surface area contributed by atoms with Crippen molar-refractivity contribution in [1.82, 2.24) is 0 Å². The van der Waals surface area contributed by atoms with E-state index in [0.717, 1.165) is 0 Å². The molecule has 0 unspecified atom stereocenters. The molecule has 0 atom stereocenters. The third-order valence-electron chi connectivity index (χ3n) is 0. The van der Waals surface area contributed by atoms with Crippen LogP contribution in [0.4, 0.5) is 0 Å². The average molecular weight is 326 g/mol. The molecule has 4 heavy (non-hydrogen) atoms. The summed E-state index contributed by atoms with van der Waals surface area (Å²) in [5.74, 6) is 0. The molecule has 0 bridgehead atoms. The SMILES string of the molecule is [Al].[Co].[Ni].[Ta]. The van der Waals surface area contributed by atoms with Crippen molar-refractivity contribution < 1.29 is 55.7 Å². The first-order chi connectivity index (χ1) is 0. The molecule has 27 valence electrons. The van der Waals surface area contributed by atoms with Crippen LogP contribution in [0, 0.1) is 0 Å². The van der Waals surface area contributed by atoms with Crippen LogP contribution in [0.5, 0.6) is 0 Å². The van der Waals surface area contributed by atoms with Crippen molar-refractivity contribution in [2.24, 2.45) is 0 Å². The van der Waals surface area contributed by atoms with E-state index in [2.05, 4.69) is 0 Å². The summed E-state index contributed by atoms with van der Waals surface area (Å²) < 4.78 is 0. The maximum atomic E-state index is 0. The third kappa shape index (κ3) is 8.86. The summed E-state index contributed by atoms with van der Waals surface area (Å²) in [4.78, 5) is 0. The molecule has 0 fully saturated rings. The molecule has 0 N–H and O–H groups in total. The molecule has 0 heterocycles. The normalized spacial score (nSPS) is 0. The summed E-state index contributed by atoms with van der Waals surface area (Å²) in [6, 6.07) is 0. The fourth-order valence-electron chi connectivity index (χ4n) is 0. The molecule has 0 saturated heterocycles. The van der Waals surface area contributed by atoms with Gasteiger partial charge in [0.15, 0.2) is 0 Å². The summed E-state index contributed by atoms with van der Waals surface area (Å²) >= 11 is 0. The van der Waals surface area contributed by atoms with Gasteiger partial charge in [0.1, 0.15) is 0 Å². The zero-order valence-corrected chi connectivity index (χ0v) is 8.07. The van der Waals surface area contributed by atoms with Crippen molar-refractivity contribution in [3.05, 3.63) is 0 Å². The van der Waals surface area contributed by atoms with Crippen LogP contribution in [0.15, 0.2) is 0 Å². The summed E-state index contributed by atoms with van der Waals surface area (Å²) in [6.07, 6.45) is 0. The fraction of sp³-hybridized carbons (Fsp3) is 0. The van der Waals surface area contributed by atoms with Gasteiger partial charge in [-0.05, 0) is 0 Å². The minimum atomic E-state index is 0. The van der Waals surface area contributed by atoms with Gasteiger partial charge in [0.05, 0.1) is 0 Å². The van der Waals surface area contributed by atoms with Crippen molar-refractivity contribution >= 4 is 17.4 Å². The second kappa shape index (κ2) is 18.6. The summed E-state index contributed by atoms with van der Waals surface area (Å²) in [5, 5.41) is 0. The zero-order valence-electron chi connectivity index (χ0n) is 1.67. The Bertz CT molecular complexity index is 8.00. The second-order valence-corrected chi connectivity index (χ2v) is 0. The van der Waals surface area contributed by atoms with Crippen molar-refractivity contribution in [2.75, 3.05) is 0 Å². The molecular formula is AlCoNiTa. The topological polar surface area (TPSA) is 0 Å². The molecule has 0 amide bonds. The molecule has 0 aliphatic rings. The van der Waals surface area contributed by atoms with Crippen LogP contribution in [0.1, 0.15) is 0 Å². The molecule has 5 radical (unpaired) electrons. The first kappa shape index (κ1) is 33.8. The largest absolute Gasteiger partial charge is 0 e. The molecule has 0 aromatic carbocycles. The number of rotatable bonds is 0. The first-order valence-electron chi connectivity index (χ1n) is 0. The number of hydrogen-bond acceptors (Lipinski definition) is 0. The Kier molecular flexibility index (Phi) is 157. The molecule has 0 saturated carbocycles. The van der Waals surface area contributed by atoms with E-state index < -0.39 is 0 Å². The van der Waals surface area contributed by atoms with Crippen LogP contribution in [-0.2, 0) is 55.7 Å². The molecule has 0 spiro atoms. The van der Waals surface area contributed by atoms with Gasteiger partial charge < -0.3 is 0 Å². The second-order valence-electron chi connectivity index (χ2n) is 0. The van der Waals surface area contributed by atoms with Gasteiger partial charge in [0.2, 0.25) is 0 Å². The van der Waals surface area contributed by atoms with Crippen molar-refractivity contribution in [1.29, 1.82) is 0 Å². The van der Waals surface area contributed by atoms with Gasteiger partial charge in [-0.2, -0.15) is 0 Å². The van der Waals surface area contributed by atoms with Crippen molar-refractivity contribution in [3.8, 4) is 0 Å². The van der Waals surface area contributed by atoms with Crippen LogP contribution in [0.3, 0.4) is 0 Å². The van der Waals surface area contributed by atoms with Crippen LogP contribution in [-0.4, -0.2) is 17.4 Å². The smallest absolute Gasteiger partial charge is 0 e. The first-order valence-corrected chi connectivity index (χ1v) is 0. The predicted molar refractivity (Wildman–Crippen MR) is 5.75 cm³/mol. The molecule has 4 heteroatoms. The standard InChI is InChI=1S/Al.Co.Ni.Ta. The summed E-state index contributed by atoms with van der Waals surface area (Å²) in [5.41, 5.74) is 0. The monoisotopic (exact) mass is 325 g/mol. The van der Waals surface area contributed by atoms with Crippen molar-refractivity contribution in [2.45, 2.75) is 0 Å². The van der Waals surface area contributed by atoms with Crippen LogP contribution in [0.2, 0.25) is 0 Å². The van der Waals surface area contributed by atoms with Crippen LogP contribution < -0.4 is 0 Å². The Morgan fingerprint density at radius 2 is 1.00 bits per heavy atom. The molecule has 0 aliphatic heterocycles. The van der Waals surface area contributed by atoms with Gasteiger partial charge in [-0.25, -0.2) is 0 Å². The maximum absolute atomic E-state index is 0. The molecule has 0 rings (SSSR count). The fourth-order valence-corrected chi connectivity index (χ4v) is 0. The quantitative estimate of drug-likeness (QED) is 0.532. The molecule has 0 nitrogen and oxygen atoms in total. The molecular weight excluding hydrogens is 326 g/mol. The minimum Gasteiger partial charge on any atom is 0 e.